The molecule has 0 N–H and O–H groups in total. The standard InChI is InChI=1S/C22H17BrClN3S/c1-15-4-2-6-17(12-15)21-25-26-22(27(21)20-10-8-19(24)9-11-20)28-14-16-5-3-7-18(23)13-16/h2-13H,14H2,1H3. The molecule has 0 radical (unpaired) electrons. The van der Waals surface area contributed by atoms with E-state index in [0.717, 1.165) is 32.5 Å². The zero-order valence-electron chi connectivity index (χ0n) is 15.1. The molecule has 1 aromatic heterocycles. The van der Waals surface area contributed by atoms with Crippen LogP contribution < -0.4 is 0 Å². The van der Waals surface area contributed by atoms with Crippen molar-refractivity contribution >= 4 is 39.3 Å². The van der Waals surface area contributed by atoms with Crippen molar-refractivity contribution in [3.63, 3.8) is 0 Å². The van der Waals surface area contributed by atoms with Crippen LogP contribution in [-0.2, 0) is 5.75 Å². The molecule has 0 saturated heterocycles. The maximum absolute atomic E-state index is 6.10. The molecule has 0 saturated carbocycles. The lowest BCUT2D eigenvalue weighted by Crippen LogP contribution is -2.00. The van der Waals surface area contributed by atoms with Gasteiger partial charge in [0.2, 0.25) is 0 Å². The number of thioether (sulfide) groups is 1. The smallest absolute Gasteiger partial charge is 0.196 e. The number of nitrogens with zero attached hydrogens (tertiary/aromatic N) is 3. The number of halogens is 2. The number of hydrogen-bond donors (Lipinski definition) is 0. The van der Waals surface area contributed by atoms with E-state index in [-0.39, 0.29) is 0 Å². The second-order valence-electron chi connectivity index (χ2n) is 6.41. The van der Waals surface area contributed by atoms with Crippen LogP contribution in [0.3, 0.4) is 0 Å². The van der Waals surface area contributed by atoms with Gasteiger partial charge in [-0.25, -0.2) is 0 Å². The van der Waals surface area contributed by atoms with Crippen molar-refractivity contribution in [2.75, 3.05) is 0 Å². The first-order chi connectivity index (χ1) is 13.6. The number of benzene rings is 3. The summed E-state index contributed by atoms with van der Waals surface area (Å²) in [4.78, 5) is 0. The van der Waals surface area contributed by atoms with E-state index >= 15 is 0 Å². The van der Waals surface area contributed by atoms with Gasteiger partial charge in [0.25, 0.3) is 0 Å². The van der Waals surface area contributed by atoms with Gasteiger partial charge in [-0.15, -0.1) is 10.2 Å². The quantitative estimate of drug-likeness (QED) is 0.296. The summed E-state index contributed by atoms with van der Waals surface area (Å²) in [6.45, 7) is 2.08. The minimum atomic E-state index is 0.706. The molecule has 4 aromatic rings. The summed E-state index contributed by atoms with van der Waals surface area (Å²) in [6.07, 6.45) is 0. The van der Waals surface area contributed by atoms with Gasteiger partial charge in [0.1, 0.15) is 0 Å². The van der Waals surface area contributed by atoms with Crippen molar-refractivity contribution in [1.29, 1.82) is 0 Å². The van der Waals surface area contributed by atoms with Gasteiger partial charge in [0, 0.05) is 26.5 Å². The van der Waals surface area contributed by atoms with E-state index in [4.69, 9.17) is 11.6 Å². The SMILES string of the molecule is Cc1cccc(-c2nnc(SCc3cccc(Br)c3)n2-c2ccc(Cl)cc2)c1. The fourth-order valence-electron chi connectivity index (χ4n) is 2.93. The van der Waals surface area contributed by atoms with Crippen LogP contribution >= 0.6 is 39.3 Å². The Morgan fingerprint density at radius 3 is 2.50 bits per heavy atom. The summed E-state index contributed by atoms with van der Waals surface area (Å²) in [5, 5.41) is 10.5. The van der Waals surface area contributed by atoms with Crippen LogP contribution in [-0.4, -0.2) is 14.8 Å². The monoisotopic (exact) mass is 469 g/mol. The number of hydrogen-bond acceptors (Lipinski definition) is 3. The largest absolute Gasteiger partial charge is 0.270 e. The minimum Gasteiger partial charge on any atom is -0.270 e. The molecule has 1 heterocycles. The highest BCUT2D eigenvalue weighted by atomic mass is 79.9. The van der Waals surface area contributed by atoms with Crippen LogP contribution in [0.25, 0.3) is 17.1 Å². The lowest BCUT2D eigenvalue weighted by atomic mass is 10.1. The van der Waals surface area contributed by atoms with E-state index in [1.54, 1.807) is 11.8 Å². The Bertz CT molecular complexity index is 1110. The summed E-state index contributed by atoms with van der Waals surface area (Å²) >= 11 is 11.3. The van der Waals surface area contributed by atoms with Crippen LogP contribution in [0.1, 0.15) is 11.1 Å². The maximum atomic E-state index is 6.10. The molecule has 3 nitrogen and oxygen atoms in total. The summed E-state index contributed by atoms with van der Waals surface area (Å²) in [5.74, 6) is 1.63. The van der Waals surface area contributed by atoms with Crippen LogP contribution in [0.2, 0.25) is 5.02 Å². The Morgan fingerprint density at radius 1 is 0.964 bits per heavy atom. The van der Waals surface area contributed by atoms with E-state index in [2.05, 4.69) is 67.9 Å². The van der Waals surface area contributed by atoms with Gasteiger partial charge in [-0.2, -0.15) is 0 Å². The van der Waals surface area contributed by atoms with Crippen molar-refractivity contribution in [2.24, 2.45) is 0 Å². The summed E-state index contributed by atoms with van der Waals surface area (Å²) in [7, 11) is 0. The van der Waals surface area contributed by atoms with Crippen LogP contribution in [0.15, 0.2) is 82.4 Å². The van der Waals surface area contributed by atoms with Gasteiger partial charge in [0.15, 0.2) is 11.0 Å². The van der Waals surface area contributed by atoms with E-state index in [0.29, 0.717) is 5.02 Å². The average Bonchev–Trinajstić information content (AvgIpc) is 3.11. The molecule has 0 fully saturated rings. The van der Waals surface area contributed by atoms with Gasteiger partial charge in [-0.3, -0.25) is 4.57 Å². The van der Waals surface area contributed by atoms with E-state index in [1.807, 2.05) is 42.5 Å². The molecule has 4 rings (SSSR count). The molecular weight excluding hydrogens is 454 g/mol. The topological polar surface area (TPSA) is 30.7 Å². The van der Waals surface area contributed by atoms with Crippen molar-refractivity contribution in [3.05, 3.63) is 93.4 Å². The zero-order valence-corrected chi connectivity index (χ0v) is 18.3. The third-order valence-corrected chi connectivity index (χ3v) is 6.00. The Balaban J connectivity index is 1.74. The minimum absolute atomic E-state index is 0.706. The molecule has 0 spiro atoms. The van der Waals surface area contributed by atoms with Crippen LogP contribution in [0.4, 0.5) is 0 Å². The fourth-order valence-corrected chi connectivity index (χ4v) is 4.40. The zero-order chi connectivity index (χ0) is 19.5. The third-order valence-electron chi connectivity index (χ3n) is 4.25. The highest BCUT2D eigenvalue weighted by Gasteiger charge is 2.16. The van der Waals surface area contributed by atoms with Gasteiger partial charge in [-0.05, 0) is 55.0 Å². The first-order valence-corrected chi connectivity index (χ1v) is 10.9. The van der Waals surface area contributed by atoms with Gasteiger partial charge in [-0.1, -0.05) is 75.2 Å². The lowest BCUT2D eigenvalue weighted by molar-refractivity contribution is 0.886. The number of aromatic nitrogens is 3. The second kappa shape index (κ2) is 8.52. The summed E-state index contributed by atoms with van der Waals surface area (Å²) < 4.78 is 3.17. The van der Waals surface area contributed by atoms with Crippen molar-refractivity contribution in [3.8, 4) is 17.1 Å². The molecule has 0 amide bonds. The highest BCUT2D eigenvalue weighted by molar-refractivity contribution is 9.10. The van der Waals surface area contributed by atoms with Gasteiger partial charge >= 0.3 is 0 Å². The molecule has 0 bridgehead atoms. The van der Waals surface area contributed by atoms with E-state index < -0.39 is 0 Å². The molecule has 3 aromatic carbocycles. The van der Waals surface area contributed by atoms with Crippen molar-refractivity contribution in [2.45, 2.75) is 17.8 Å². The fraction of sp³-hybridized carbons (Fsp3) is 0.0909. The number of aryl methyl sites for hydroxylation is 1. The first kappa shape index (κ1) is 19.2. The highest BCUT2D eigenvalue weighted by Crippen LogP contribution is 2.31. The van der Waals surface area contributed by atoms with Gasteiger partial charge in [0.05, 0.1) is 0 Å². The first-order valence-electron chi connectivity index (χ1n) is 8.76. The Kier molecular flexibility index (Phi) is 5.85. The molecular formula is C22H17BrClN3S. The molecule has 6 heteroatoms. The molecule has 0 atom stereocenters. The maximum Gasteiger partial charge on any atom is 0.196 e. The number of rotatable bonds is 5. The van der Waals surface area contributed by atoms with Crippen LogP contribution in [0.5, 0.6) is 0 Å². The average molecular weight is 471 g/mol. The normalized spacial score (nSPS) is 11.0. The van der Waals surface area contributed by atoms with Crippen LogP contribution in [0, 0.1) is 6.92 Å². The van der Waals surface area contributed by atoms with Gasteiger partial charge < -0.3 is 0 Å². The van der Waals surface area contributed by atoms with Crippen molar-refractivity contribution in [1.82, 2.24) is 14.8 Å². The Hall–Kier alpha value is -2.08. The summed E-state index contributed by atoms with van der Waals surface area (Å²) in [5.41, 5.74) is 4.44. The molecule has 0 aliphatic heterocycles. The van der Waals surface area contributed by atoms with Crippen molar-refractivity contribution < 1.29 is 0 Å². The molecule has 0 aliphatic rings. The third kappa shape index (κ3) is 4.32. The molecule has 0 unspecified atom stereocenters. The summed E-state index contributed by atoms with van der Waals surface area (Å²) in [6, 6.07) is 24.4. The molecule has 28 heavy (non-hydrogen) atoms. The predicted molar refractivity (Wildman–Crippen MR) is 120 cm³/mol. The predicted octanol–water partition coefficient (Wildman–Crippen LogP) is 6.95. The van der Waals surface area contributed by atoms with E-state index in [9.17, 15) is 0 Å². The van der Waals surface area contributed by atoms with E-state index in [1.165, 1.54) is 11.1 Å². The second-order valence-corrected chi connectivity index (χ2v) is 8.70. The lowest BCUT2D eigenvalue weighted by Gasteiger charge is -2.11. The molecule has 0 aliphatic carbocycles. The Morgan fingerprint density at radius 2 is 1.75 bits per heavy atom. The Labute approximate surface area is 181 Å². The molecule has 140 valence electrons.